The van der Waals surface area contributed by atoms with E-state index in [0.29, 0.717) is 11.3 Å². The van der Waals surface area contributed by atoms with Crippen molar-refractivity contribution in [3.05, 3.63) is 70.7 Å². The zero-order chi connectivity index (χ0) is 23.5. The zero-order valence-corrected chi connectivity index (χ0v) is 19.0. The first kappa shape index (κ1) is 23.2. The maximum atomic E-state index is 13.0. The van der Waals surface area contributed by atoms with Crippen LogP contribution in [0.5, 0.6) is 17.2 Å². The number of para-hydroxylation sites is 2. The van der Waals surface area contributed by atoms with E-state index in [1.165, 1.54) is 56.7 Å². The van der Waals surface area contributed by atoms with Crippen molar-refractivity contribution in [3.63, 3.8) is 0 Å². The molecule has 0 aliphatic rings. The molecule has 3 rings (SSSR count). The predicted molar refractivity (Wildman–Crippen MR) is 123 cm³/mol. The highest BCUT2D eigenvalue weighted by atomic mass is 35.5. The average molecular weight is 477 g/mol. The van der Waals surface area contributed by atoms with E-state index >= 15 is 0 Å². The Morgan fingerprint density at radius 3 is 2.31 bits per heavy atom. The van der Waals surface area contributed by atoms with Gasteiger partial charge in [0.1, 0.15) is 17.2 Å². The fraction of sp³-hybridized carbons (Fsp3) is 0.136. The molecule has 168 valence electrons. The van der Waals surface area contributed by atoms with Gasteiger partial charge in [-0.25, -0.2) is 8.42 Å². The van der Waals surface area contributed by atoms with E-state index in [1.54, 1.807) is 19.1 Å². The lowest BCUT2D eigenvalue weighted by Gasteiger charge is -2.15. The second-order valence-electron chi connectivity index (χ2n) is 6.74. The number of rotatable bonds is 7. The van der Waals surface area contributed by atoms with Crippen LogP contribution in [-0.4, -0.2) is 33.7 Å². The van der Waals surface area contributed by atoms with Crippen molar-refractivity contribution in [2.75, 3.05) is 24.3 Å². The Morgan fingerprint density at radius 2 is 1.66 bits per heavy atom. The van der Waals surface area contributed by atoms with Crippen molar-refractivity contribution >= 4 is 38.9 Å². The molecule has 0 heterocycles. The first-order valence-electron chi connectivity index (χ1n) is 9.30. The number of carbonyl (C=O) groups excluding carboxylic acids is 1. The predicted octanol–water partition coefficient (Wildman–Crippen LogP) is 4.42. The van der Waals surface area contributed by atoms with Crippen molar-refractivity contribution in [3.8, 4) is 17.2 Å². The monoisotopic (exact) mass is 476 g/mol. The molecule has 0 unspecified atom stereocenters. The summed E-state index contributed by atoms with van der Waals surface area (Å²) in [6, 6.07) is 13.2. The number of methoxy groups -OCH3 is 2. The summed E-state index contributed by atoms with van der Waals surface area (Å²) in [6.07, 6.45) is 0. The molecule has 3 N–H and O–H groups in total. The lowest BCUT2D eigenvalue weighted by atomic mass is 10.1. The highest BCUT2D eigenvalue weighted by Crippen LogP contribution is 2.37. The van der Waals surface area contributed by atoms with Gasteiger partial charge in [-0.1, -0.05) is 29.8 Å². The molecular formula is C22H21ClN2O6S. The minimum atomic E-state index is -4.09. The van der Waals surface area contributed by atoms with Crippen LogP contribution in [0.1, 0.15) is 15.9 Å². The van der Waals surface area contributed by atoms with E-state index in [9.17, 15) is 18.3 Å². The normalized spacial score (nSPS) is 11.0. The number of carbonyl (C=O) groups is 1. The maximum Gasteiger partial charge on any atom is 0.262 e. The molecular weight excluding hydrogens is 456 g/mol. The van der Waals surface area contributed by atoms with Crippen molar-refractivity contribution < 1.29 is 27.8 Å². The molecule has 10 heteroatoms. The number of hydrogen-bond donors (Lipinski definition) is 3. The summed E-state index contributed by atoms with van der Waals surface area (Å²) >= 11 is 6.12. The molecule has 0 atom stereocenters. The summed E-state index contributed by atoms with van der Waals surface area (Å²) in [5, 5.41) is 12.7. The maximum absolute atomic E-state index is 13.0. The van der Waals surface area contributed by atoms with Gasteiger partial charge in [-0.15, -0.1) is 0 Å². The Hall–Kier alpha value is -3.43. The fourth-order valence-corrected chi connectivity index (χ4v) is 4.25. The van der Waals surface area contributed by atoms with E-state index < -0.39 is 15.9 Å². The summed E-state index contributed by atoms with van der Waals surface area (Å²) in [7, 11) is -1.28. The molecule has 0 saturated carbocycles. The van der Waals surface area contributed by atoms with Crippen LogP contribution in [0.25, 0.3) is 0 Å². The molecule has 0 fully saturated rings. The number of aryl methyl sites for hydroxylation is 1. The SMILES string of the molecule is COc1cc(OC)c(NS(=O)(=O)c2ccc(C)c(C(=O)Nc3ccccc3O)c2)cc1Cl. The number of hydrogen-bond acceptors (Lipinski definition) is 6. The molecule has 0 aliphatic carbocycles. The van der Waals surface area contributed by atoms with Crippen LogP contribution >= 0.6 is 11.6 Å². The van der Waals surface area contributed by atoms with Crippen LogP contribution in [-0.2, 0) is 10.0 Å². The van der Waals surface area contributed by atoms with Crippen LogP contribution in [0.3, 0.4) is 0 Å². The minimum Gasteiger partial charge on any atom is -0.506 e. The van der Waals surface area contributed by atoms with Gasteiger partial charge in [0.05, 0.1) is 35.5 Å². The van der Waals surface area contributed by atoms with E-state index in [4.69, 9.17) is 21.1 Å². The largest absolute Gasteiger partial charge is 0.506 e. The molecule has 3 aromatic rings. The lowest BCUT2D eigenvalue weighted by molar-refractivity contribution is 0.102. The number of nitrogens with one attached hydrogen (secondary N) is 2. The van der Waals surface area contributed by atoms with Gasteiger partial charge in [-0.05, 0) is 42.8 Å². The van der Waals surface area contributed by atoms with Crippen LogP contribution in [0.2, 0.25) is 5.02 Å². The molecule has 8 nitrogen and oxygen atoms in total. The number of halogens is 1. The van der Waals surface area contributed by atoms with Gasteiger partial charge >= 0.3 is 0 Å². The molecule has 32 heavy (non-hydrogen) atoms. The molecule has 0 aromatic heterocycles. The topological polar surface area (TPSA) is 114 Å². The average Bonchev–Trinajstić information content (AvgIpc) is 2.75. The standard InChI is InChI=1S/C22H21ClN2O6S/c1-13-8-9-14(10-15(13)22(27)24-17-6-4-5-7-19(17)26)32(28,29)25-18-11-16(23)20(30-2)12-21(18)31-3/h4-12,25-26H,1-3H3,(H,24,27). The third-order valence-corrected chi connectivity index (χ3v) is 6.29. The van der Waals surface area contributed by atoms with Gasteiger partial charge < -0.3 is 19.9 Å². The van der Waals surface area contributed by atoms with Crippen LogP contribution in [0, 0.1) is 6.92 Å². The molecule has 1 amide bonds. The molecule has 0 bridgehead atoms. The van der Waals surface area contributed by atoms with Crippen LogP contribution in [0.4, 0.5) is 11.4 Å². The van der Waals surface area contributed by atoms with Gasteiger partial charge in [0.2, 0.25) is 0 Å². The number of sulfonamides is 1. The Bertz CT molecular complexity index is 1280. The first-order valence-corrected chi connectivity index (χ1v) is 11.2. The highest BCUT2D eigenvalue weighted by Gasteiger charge is 2.21. The summed E-state index contributed by atoms with van der Waals surface area (Å²) in [5.41, 5.74) is 1.01. The minimum absolute atomic E-state index is 0.104. The number of anilines is 2. The Kier molecular flexibility index (Phi) is 6.81. The lowest BCUT2D eigenvalue weighted by Crippen LogP contribution is -2.17. The smallest absolute Gasteiger partial charge is 0.262 e. The van der Waals surface area contributed by atoms with E-state index in [2.05, 4.69) is 10.0 Å². The highest BCUT2D eigenvalue weighted by molar-refractivity contribution is 7.92. The van der Waals surface area contributed by atoms with Crippen molar-refractivity contribution in [2.45, 2.75) is 11.8 Å². The van der Waals surface area contributed by atoms with E-state index in [-0.39, 0.29) is 38.4 Å². The summed E-state index contributed by atoms with van der Waals surface area (Å²) in [4.78, 5) is 12.6. The summed E-state index contributed by atoms with van der Waals surface area (Å²) < 4.78 is 38.8. The molecule has 0 spiro atoms. The van der Waals surface area contributed by atoms with Crippen LogP contribution < -0.4 is 19.5 Å². The van der Waals surface area contributed by atoms with Crippen molar-refractivity contribution in [1.82, 2.24) is 0 Å². The molecule has 0 radical (unpaired) electrons. The van der Waals surface area contributed by atoms with Gasteiger partial charge in [-0.3, -0.25) is 9.52 Å². The van der Waals surface area contributed by atoms with Gasteiger partial charge in [0, 0.05) is 11.6 Å². The van der Waals surface area contributed by atoms with Crippen LogP contribution in [0.15, 0.2) is 59.5 Å². The second-order valence-corrected chi connectivity index (χ2v) is 8.83. The summed E-state index contributed by atoms with van der Waals surface area (Å²) in [6.45, 7) is 1.68. The number of benzene rings is 3. The fourth-order valence-electron chi connectivity index (χ4n) is 2.93. The number of phenols is 1. The number of amides is 1. The Morgan fingerprint density at radius 1 is 0.969 bits per heavy atom. The third kappa shape index (κ3) is 4.90. The van der Waals surface area contributed by atoms with Gasteiger partial charge in [-0.2, -0.15) is 0 Å². The van der Waals surface area contributed by atoms with Gasteiger partial charge in [0.25, 0.3) is 15.9 Å². The molecule has 0 aliphatic heterocycles. The zero-order valence-electron chi connectivity index (χ0n) is 17.5. The van der Waals surface area contributed by atoms with E-state index in [1.807, 2.05) is 0 Å². The quantitative estimate of drug-likeness (QED) is 0.435. The Labute approximate surface area is 190 Å². The first-order chi connectivity index (χ1) is 15.2. The van der Waals surface area contributed by atoms with Crippen molar-refractivity contribution in [2.24, 2.45) is 0 Å². The summed E-state index contributed by atoms with van der Waals surface area (Å²) in [5.74, 6) is -0.136. The van der Waals surface area contributed by atoms with E-state index in [0.717, 1.165) is 0 Å². The second kappa shape index (κ2) is 9.37. The van der Waals surface area contributed by atoms with Gasteiger partial charge in [0.15, 0.2) is 0 Å². The molecule has 3 aromatic carbocycles. The number of aromatic hydroxyl groups is 1. The number of ether oxygens (including phenoxy) is 2. The third-order valence-electron chi connectivity index (χ3n) is 4.63. The molecule has 0 saturated heterocycles. The van der Waals surface area contributed by atoms with Crippen molar-refractivity contribution in [1.29, 1.82) is 0 Å². The Balaban J connectivity index is 1.94. The number of phenolic OH excluding ortho intramolecular Hbond substituents is 1.